The van der Waals surface area contributed by atoms with Crippen molar-refractivity contribution in [3.8, 4) is 0 Å². The Kier molecular flexibility index (Phi) is 15.7. The molecule has 0 aliphatic rings. The molecule has 266 valence electrons. The summed E-state index contributed by atoms with van der Waals surface area (Å²) in [6, 6.07) is 0. The Morgan fingerprint density at radius 2 is 0.795 bits per heavy atom. The average molecular weight is 663 g/mol. The first-order valence-electron chi connectivity index (χ1n) is 17.1. The van der Waals surface area contributed by atoms with Crippen LogP contribution in [0.25, 0.3) is 0 Å². The van der Waals surface area contributed by atoms with E-state index in [1.807, 2.05) is 13.8 Å². The Labute approximate surface area is 277 Å². The van der Waals surface area contributed by atoms with E-state index in [1.165, 1.54) is 0 Å². The van der Waals surface area contributed by atoms with Crippen LogP contribution in [0.15, 0.2) is 0 Å². The normalized spacial score (nSPS) is 15.4. The van der Waals surface area contributed by atoms with E-state index in [2.05, 4.69) is 123 Å². The highest BCUT2D eigenvalue weighted by molar-refractivity contribution is 6.83. The van der Waals surface area contributed by atoms with E-state index < -0.39 is 21.7 Å². The zero-order valence-corrected chi connectivity index (χ0v) is 35.2. The standard InChI is InChI=1S/C36H78O6Si2/c1-30(2,3)43(17,18)35(13,14)38-25-22-32(7,8)40-27-29(42-34(11,12)21-24-37)28-41-33(9,10)23-26-39-36(15,16)44(19,20)31(4,5)6/h29,37H,21-28H2,1-20H3. The first kappa shape index (κ1) is 44.2. The molecule has 0 aliphatic carbocycles. The second-order valence-corrected chi connectivity index (χ2v) is 31.0. The fourth-order valence-electron chi connectivity index (χ4n) is 4.95. The molecule has 0 rings (SSSR count). The molecule has 0 heterocycles. The van der Waals surface area contributed by atoms with Gasteiger partial charge in [0.2, 0.25) is 0 Å². The van der Waals surface area contributed by atoms with Crippen molar-refractivity contribution >= 4 is 16.1 Å². The summed E-state index contributed by atoms with van der Waals surface area (Å²) in [5, 5.41) is 9.80. The Balaban J connectivity index is 5.34. The topological polar surface area (TPSA) is 66.4 Å². The van der Waals surface area contributed by atoms with Gasteiger partial charge < -0.3 is 28.8 Å². The van der Waals surface area contributed by atoms with Crippen LogP contribution in [0.3, 0.4) is 0 Å². The molecule has 0 amide bonds. The van der Waals surface area contributed by atoms with Crippen LogP contribution in [0.4, 0.5) is 0 Å². The summed E-state index contributed by atoms with van der Waals surface area (Å²) >= 11 is 0. The number of hydrogen-bond acceptors (Lipinski definition) is 6. The van der Waals surface area contributed by atoms with Crippen molar-refractivity contribution < 1.29 is 28.8 Å². The van der Waals surface area contributed by atoms with Crippen LogP contribution < -0.4 is 0 Å². The Morgan fingerprint density at radius 3 is 1.07 bits per heavy atom. The molecule has 0 aromatic carbocycles. The third-order valence-electron chi connectivity index (χ3n) is 11.6. The first-order valence-corrected chi connectivity index (χ1v) is 23.1. The molecule has 0 aliphatic heterocycles. The second kappa shape index (κ2) is 15.6. The lowest BCUT2D eigenvalue weighted by Gasteiger charge is -2.48. The summed E-state index contributed by atoms with van der Waals surface area (Å²) in [7, 11) is -3.39. The molecule has 1 N–H and O–H groups in total. The van der Waals surface area contributed by atoms with E-state index in [4.69, 9.17) is 23.7 Å². The zero-order chi connectivity index (χ0) is 35.3. The molecule has 0 saturated heterocycles. The van der Waals surface area contributed by atoms with Crippen LogP contribution in [-0.2, 0) is 23.7 Å². The van der Waals surface area contributed by atoms with Crippen molar-refractivity contribution in [1.82, 2.24) is 0 Å². The summed E-state index contributed by atoms with van der Waals surface area (Å²) in [5.41, 5.74) is -1.26. The van der Waals surface area contributed by atoms with Gasteiger partial charge in [-0.05, 0) is 98.6 Å². The van der Waals surface area contributed by atoms with Crippen molar-refractivity contribution in [3.63, 3.8) is 0 Å². The Bertz CT molecular complexity index is 788. The minimum Gasteiger partial charge on any atom is -0.396 e. The molecule has 0 atom stereocenters. The summed E-state index contributed by atoms with van der Waals surface area (Å²) in [6.07, 6.45) is 1.84. The summed E-state index contributed by atoms with van der Waals surface area (Å²) in [5.74, 6) is 0. The zero-order valence-electron chi connectivity index (χ0n) is 33.2. The highest BCUT2D eigenvalue weighted by Crippen LogP contribution is 2.45. The lowest BCUT2D eigenvalue weighted by atomic mass is 10.0. The van der Waals surface area contributed by atoms with Crippen LogP contribution in [0.5, 0.6) is 0 Å². The van der Waals surface area contributed by atoms with Crippen LogP contribution in [0.1, 0.15) is 130 Å². The van der Waals surface area contributed by atoms with E-state index in [9.17, 15) is 5.11 Å². The van der Waals surface area contributed by atoms with Gasteiger partial charge in [0.05, 0.1) is 56.6 Å². The van der Waals surface area contributed by atoms with Gasteiger partial charge in [0.15, 0.2) is 0 Å². The quantitative estimate of drug-likeness (QED) is 0.131. The van der Waals surface area contributed by atoms with E-state index >= 15 is 0 Å². The predicted molar refractivity (Wildman–Crippen MR) is 194 cm³/mol. The molecule has 0 unspecified atom stereocenters. The van der Waals surface area contributed by atoms with Gasteiger partial charge >= 0.3 is 0 Å². The fourth-order valence-corrected chi connectivity index (χ4v) is 9.49. The molecule has 0 bridgehead atoms. The summed E-state index contributed by atoms with van der Waals surface area (Å²) < 4.78 is 32.6. The molecular formula is C36H78O6Si2. The maximum absolute atomic E-state index is 9.61. The molecule has 0 radical (unpaired) electrons. The molecular weight excluding hydrogens is 585 g/mol. The fraction of sp³-hybridized carbons (Fsp3) is 1.00. The van der Waals surface area contributed by atoms with Crippen LogP contribution >= 0.6 is 0 Å². The van der Waals surface area contributed by atoms with Gasteiger partial charge in [0, 0.05) is 19.8 Å². The summed E-state index contributed by atoms with van der Waals surface area (Å²) in [6.45, 7) is 47.4. The number of rotatable bonds is 20. The van der Waals surface area contributed by atoms with Crippen LogP contribution in [-0.4, -0.2) is 87.6 Å². The van der Waals surface area contributed by atoms with E-state index in [0.717, 1.165) is 12.8 Å². The SMILES string of the molecule is CC(C)(CCOC(C)(C)[Si](C)(C)C(C)(C)C)OCC(COC(C)(C)CCOC(C)(C)[Si](C)(C)C(C)(C)C)OC(C)(C)CCO. The molecule has 6 nitrogen and oxygen atoms in total. The monoisotopic (exact) mass is 663 g/mol. The van der Waals surface area contributed by atoms with Crippen molar-refractivity contribution in [2.24, 2.45) is 0 Å². The van der Waals surface area contributed by atoms with E-state index in [1.54, 1.807) is 0 Å². The van der Waals surface area contributed by atoms with E-state index in [0.29, 0.717) is 32.8 Å². The largest absolute Gasteiger partial charge is 0.396 e. The van der Waals surface area contributed by atoms with Gasteiger partial charge in [-0.3, -0.25) is 0 Å². The highest BCUT2D eigenvalue weighted by atomic mass is 28.3. The maximum Gasteiger partial charge on any atom is 0.105 e. The third-order valence-corrected chi connectivity index (χ3v) is 25.4. The molecule has 0 aromatic rings. The number of aliphatic hydroxyl groups is 1. The molecule has 44 heavy (non-hydrogen) atoms. The van der Waals surface area contributed by atoms with Gasteiger partial charge in [-0.2, -0.15) is 0 Å². The van der Waals surface area contributed by atoms with Gasteiger partial charge in [-0.15, -0.1) is 0 Å². The van der Waals surface area contributed by atoms with Crippen molar-refractivity contribution in [2.45, 2.75) is 200 Å². The summed E-state index contributed by atoms with van der Waals surface area (Å²) in [4.78, 5) is 0. The second-order valence-electron chi connectivity index (χ2n) is 19.1. The van der Waals surface area contributed by atoms with E-state index in [-0.39, 0.29) is 44.4 Å². The molecule has 0 aromatic heterocycles. The Morgan fingerprint density at radius 1 is 0.477 bits per heavy atom. The average Bonchev–Trinajstić information content (AvgIpc) is 2.78. The third kappa shape index (κ3) is 13.4. The van der Waals surface area contributed by atoms with Crippen LogP contribution in [0, 0.1) is 0 Å². The molecule has 8 heteroatoms. The van der Waals surface area contributed by atoms with Gasteiger partial charge in [0.1, 0.15) is 6.10 Å². The lowest BCUT2D eigenvalue weighted by molar-refractivity contribution is -0.174. The van der Waals surface area contributed by atoms with Gasteiger partial charge in [0.25, 0.3) is 0 Å². The molecule has 0 fully saturated rings. The number of hydrogen-bond donors (Lipinski definition) is 1. The predicted octanol–water partition coefficient (Wildman–Crippen LogP) is 9.59. The van der Waals surface area contributed by atoms with Crippen molar-refractivity contribution in [3.05, 3.63) is 0 Å². The smallest absolute Gasteiger partial charge is 0.105 e. The van der Waals surface area contributed by atoms with Gasteiger partial charge in [-0.25, -0.2) is 0 Å². The van der Waals surface area contributed by atoms with Crippen molar-refractivity contribution in [2.75, 3.05) is 33.0 Å². The highest BCUT2D eigenvalue weighted by Gasteiger charge is 2.49. The number of ether oxygens (including phenoxy) is 5. The van der Waals surface area contributed by atoms with Crippen LogP contribution in [0.2, 0.25) is 36.3 Å². The molecule has 0 spiro atoms. The van der Waals surface area contributed by atoms with Gasteiger partial charge in [-0.1, -0.05) is 67.7 Å². The molecule has 0 saturated carbocycles. The van der Waals surface area contributed by atoms with Crippen molar-refractivity contribution in [1.29, 1.82) is 0 Å². The maximum atomic E-state index is 9.61. The first-order chi connectivity index (χ1) is 19.3. The Hall–Kier alpha value is 0.194. The lowest BCUT2D eigenvalue weighted by Crippen LogP contribution is -2.58. The minimum absolute atomic E-state index is 0.0706. The minimum atomic E-state index is -1.69. The number of aliphatic hydroxyl groups excluding tert-OH is 1.